The average molecular weight is 329 g/mol. The van der Waals surface area contributed by atoms with E-state index in [1.807, 2.05) is 0 Å². The third-order valence-electron chi connectivity index (χ3n) is 2.01. The number of alkyl halides is 3. The third-order valence-corrected chi connectivity index (χ3v) is 3.24. The Hall–Kier alpha value is -2.34. The van der Waals surface area contributed by atoms with Crippen molar-refractivity contribution in [1.29, 1.82) is 15.8 Å². The van der Waals surface area contributed by atoms with Gasteiger partial charge in [0.25, 0.3) is 0 Å². The zero-order chi connectivity index (χ0) is 16.0. The number of nitriles is 3. The molecule has 0 saturated carbocycles. The molecule has 0 spiro atoms. The minimum atomic E-state index is -4.47. The van der Waals surface area contributed by atoms with Crippen LogP contribution in [0.4, 0.5) is 18.9 Å². The standard InChI is InChI=1S/C12H4ClF3N4S/c13-9-3-8(1-2-11(9)21-12(14,15)16)20-10(6-19)7(4-17)5-18/h1-3,20H. The lowest BCUT2D eigenvalue weighted by atomic mass is 10.2. The van der Waals surface area contributed by atoms with Gasteiger partial charge in [-0.05, 0) is 30.0 Å². The van der Waals surface area contributed by atoms with Crippen LogP contribution >= 0.6 is 23.4 Å². The molecule has 0 aromatic heterocycles. The Morgan fingerprint density at radius 1 is 1.14 bits per heavy atom. The van der Waals surface area contributed by atoms with Crippen LogP contribution in [0, 0.1) is 34.0 Å². The van der Waals surface area contributed by atoms with E-state index in [0.717, 1.165) is 6.07 Å². The van der Waals surface area contributed by atoms with Gasteiger partial charge in [0.15, 0.2) is 5.57 Å². The first-order chi connectivity index (χ1) is 9.80. The number of hydrogen-bond donors (Lipinski definition) is 1. The number of rotatable bonds is 3. The number of nitrogens with one attached hydrogen (secondary N) is 1. The predicted molar refractivity (Wildman–Crippen MR) is 70.9 cm³/mol. The number of thioether (sulfide) groups is 1. The van der Waals surface area contributed by atoms with Crippen molar-refractivity contribution in [3.8, 4) is 18.2 Å². The first kappa shape index (κ1) is 16.7. The molecule has 21 heavy (non-hydrogen) atoms. The van der Waals surface area contributed by atoms with Crippen molar-refractivity contribution in [2.45, 2.75) is 10.4 Å². The Labute approximate surface area is 127 Å². The summed E-state index contributed by atoms with van der Waals surface area (Å²) in [6.45, 7) is 0. The van der Waals surface area contributed by atoms with Crippen molar-refractivity contribution in [3.05, 3.63) is 34.5 Å². The summed E-state index contributed by atoms with van der Waals surface area (Å²) in [5.74, 6) is 0. The Morgan fingerprint density at radius 3 is 2.19 bits per heavy atom. The summed E-state index contributed by atoms with van der Waals surface area (Å²) >= 11 is 5.35. The predicted octanol–water partition coefficient (Wildman–Crippen LogP) is 4.19. The molecule has 0 aliphatic rings. The zero-order valence-electron chi connectivity index (χ0n) is 9.99. The van der Waals surface area contributed by atoms with E-state index in [2.05, 4.69) is 5.32 Å². The largest absolute Gasteiger partial charge is 0.446 e. The summed E-state index contributed by atoms with van der Waals surface area (Å²) in [5, 5.41) is 28.4. The van der Waals surface area contributed by atoms with E-state index in [-0.39, 0.29) is 33.1 Å². The number of allylic oxidation sites excluding steroid dienone is 2. The molecule has 1 N–H and O–H groups in total. The molecule has 0 fully saturated rings. The van der Waals surface area contributed by atoms with Crippen LogP contribution in [0.15, 0.2) is 34.4 Å². The van der Waals surface area contributed by atoms with Gasteiger partial charge in [0.05, 0.1) is 5.02 Å². The molecule has 0 aliphatic heterocycles. The lowest BCUT2D eigenvalue weighted by molar-refractivity contribution is -0.0328. The summed E-state index contributed by atoms with van der Waals surface area (Å²) < 4.78 is 36.8. The molecule has 0 heterocycles. The molecule has 106 valence electrons. The molecule has 0 saturated heterocycles. The van der Waals surface area contributed by atoms with E-state index in [9.17, 15) is 13.2 Å². The van der Waals surface area contributed by atoms with Gasteiger partial charge in [0.1, 0.15) is 23.9 Å². The number of anilines is 1. The van der Waals surface area contributed by atoms with Crippen LogP contribution in [-0.4, -0.2) is 5.51 Å². The second-order valence-corrected chi connectivity index (χ2v) is 4.92. The summed E-state index contributed by atoms with van der Waals surface area (Å²) in [5.41, 5.74) is -5.04. The Kier molecular flexibility index (Phi) is 5.49. The molecule has 1 rings (SSSR count). The van der Waals surface area contributed by atoms with Gasteiger partial charge in [0, 0.05) is 10.6 Å². The van der Waals surface area contributed by atoms with Gasteiger partial charge >= 0.3 is 5.51 Å². The summed E-state index contributed by atoms with van der Waals surface area (Å²) in [4.78, 5) is -0.196. The Bertz CT molecular complexity index is 691. The quantitative estimate of drug-likeness (QED) is 0.664. The van der Waals surface area contributed by atoms with E-state index < -0.39 is 11.1 Å². The SMILES string of the molecule is N#CC(C#N)=C(C#N)Nc1ccc(SC(F)(F)F)c(Cl)c1. The molecule has 0 atom stereocenters. The highest BCUT2D eigenvalue weighted by Crippen LogP contribution is 2.41. The Balaban J connectivity index is 3.07. The molecule has 0 bridgehead atoms. The lowest BCUT2D eigenvalue weighted by Crippen LogP contribution is -2.02. The van der Waals surface area contributed by atoms with Crippen LogP contribution in [0.25, 0.3) is 0 Å². The minimum absolute atomic E-state index is 0.171. The molecule has 1 aromatic carbocycles. The van der Waals surface area contributed by atoms with Gasteiger partial charge in [-0.3, -0.25) is 0 Å². The van der Waals surface area contributed by atoms with E-state index in [4.69, 9.17) is 27.4 Å². The normalized spacial score (nSPS) is 9.95. The fourth-order valence-electron chi connectivity index (χ4n) is 1.21. The van der Waals surface area contributed by atoms with Crippen LogP contribution in [-0.2, 0) is 0 Å². The number of nitrogens with zero attached hydrogens (tertiary/aromatic N) is 3. The molecule has 0 unspecified atom stereocenters. The maximum Gasteiger partial charge on any atom is 0.446 e. The molecule has 9 heteroatoms. The fourth-order valence-corrected chi connectivity index (χ4v) is 2.05. The van der Waals surface area contributed by atoms with Gasteiger partial charge in [-0.25, -0.2) is 0 Å². The van der Waals surface area contributed by atoms with Crippen LogP contribution in [0.1, 0.15) is 0 Å². The van der Waals surface area contributed by atoms with Gasteiger partial charge in [0.2, 0.25) is 0 Å². The van der Waals surface area contributed by atoms with Crippen LogP contribution in [0.5, 0.6) is 0 Å². The monoisotopic (exact) mass is 328 g/mol. The second kappa shape index (κ2) is 6.90. The number of hydrogen-bond acceptors (Lipinski definition) is 5. The average Bonchev–Trinajstić information content (AvgIpc) is 2.40. The Morgan fingerprint density at radius 2 is 1.76 bits per heavy atom. The first-order valence-corrected chi connectivity index (χ1v) is 6.27. The van der Waals surface area contributed by atoms with E-state index in [1.54, 1.807) is 6.07 Å². The maximum absolute atomic E-state index is 12.3. The highest BCUT2D eigenvalue weighted by molar-refractivity contribution is 8.00. The number of benzene rings is 1. The molecule has 0 aliphatic carbocycles. The van der Waals surface area contributed by atoms with Crippen molar-refractivity contribution in [3.63, 3.8) is 0 Å². The smallest absolute Gasteiger partial charge is 0.345 e. The van der Waals surface area contributed by atoms with E-state index >= 15 is 0 Å². The van der Waals surface area contributed by atoms with Gasteiger partial charge < -0.3 is 5.32 Å². The summed E-state index contributed by atoms with van der Waals surface area (Å²) in [6, 6.07) is 8.22. The molecule has 4 nitrogen and oxygen atoms in total. The molecular formula is C12H4ClF3N4S. The minimum Gasteiger partial charge on any atom is -0.345 e. The van der Waals surface area contributed by atoms with Crippen LogP contribution in [0.2, 0.25) is 5.02 Å². The van der Waals surface area contributed by atoms with Crippen molar-refractivity contribution < 1.29 is 13.2 Å². The summed E-state index contributed by atoms with van der Waals surface area (Å²) in [7, 11) is 0. The fraction of sp³-hybridized carbons (Fsp3) is 0.0833. The zero-order valence-corrected chi connectivity index (χ0v) is 11.6. The van der Waals surface area contributed by atoms with E-state index in [1.165, 1.54) is 24.3 Å². The molecule has 0 amide bonds. The van der Waals surface area contributed by atoms with Crippen molar-refractivity contribution in [2.24, 2.45) is 0 Å². The highest BCUT2D eigenvalue weighted by atomic mass is 35.5. The summed E-state index contributed by atoms with van der Waals surface area (Å²) in [6.07, 6.45) is 0. The topological polar surface area (TPSA) is 83.4 Å². The second-order valence-electron chi connectivity index (χ2n) is 3.40. The van der Waals surface area contributed by atoms with Gasteiger partial charge in [-0.2, -0.15) is 29.0 Å². The molecular weight excluding hydrogens is 325 g/mol. The first-order valence-electron chi connectivity index (χ1n) is 5.07. The van der Waals surface area contributed by atoms with Crippen molar-refractivity contribution >= 4 is 29.1 Å². The van der Waals surface area contributed by atoms with E-state index in [0.29, 0.717) is 0 Å². The maximum atomic E-state index is 12.3. The lowest BCUT2D eigenvalue weighted by Gasteiger charge is -2.10. The number of halogens is 4. The van der Waals surface area contributed by atoms with Crippen molar-refractivity contribution in [1.82, 2.24) is 0 Å². The van der Waals surface area contributed by atoms with Crippen LogP contribution in [0.3, 0.4) is 0 Å². The molecule has 0 radical (unpaired) electrons. The third kappa shape index (κ3) is 4.92. The van der Waals surface area contributed by atoms with Crippen LogP contribution < -0.4 is 5.32 Å². The van der Waals surface area contributed by atoms with Crippen molar-refractivity contribution in [2.75, 3.05) is 5.32 Å². The van der Waals surface area contributed by atoms with Gasteiger partial charge in [-0.15, -0.1) is 0 Å². The highest BCUT2D eigenvalue weighted by Gasteiger charge is 2.30. The molecule has 1 aromatic rings. The van der Waals surface area contributed by atoms with Gasteiger partial charge in [-0.1, -0.05) is 11.6 Å².